The minimum Gasteiger partial charge on any atom is -0.445 e. The predicted molar refractivity (Wildman–Crippen MR) is 81.8 cm³/mol. The van der Waals surface area contributed by atoms with Gasteiger partial charge in [0.05, 0.1) is 0 Å². The number of carbonyl (C=O) groups excluding carboxylic acids is 1. The number of halogens is 1. The van der Waals surface area contributed by atoms with Crippen molar-refractivity contribution in [2.45, 2.75) is 32.4 Å². The van der Waals surface area contributed by atoms with E-state index in [9.17, 15) is 4.79 Å². The molecule has 1 fully saturated rings. The molecule has 1 aliphatic heterocycles. The molecule has 0 spiro atoms. The highest BCUT2D eigenvalue weighted by Gasteiger charge is 2.29. The van der Waals surface area contributed by atoms with Crippen molar-refractivity contribution in [3.05, 3.63) is 35.9 Å². The number of nitrogens with zero attached hydrogens (tertiary/aromatic N) is 1. The van der Waals surface area contributed by atoms with Gasteiger partial charge in [-0.15, -0.1) is 12.4 Å². The number of hydrogen-bond acceptors (Lipinski definition) is 3. The van der Waals surface area contributed by atoms with Crippen LogP contribution in [0.5, 0.6) is 0 Å². The third-order valence-corrected chi connectivity index (χ3v) is 3.65. The maximum Gasteiger partial charge on any atom is 0.410 e. The fourth-order valence-corrected chi connectivity index (χ4v) is 2.48. The highest BCUT2D eigenvalue weighted by Crippen LogP contribution is 2.22. The lowest BCUT2D eigenvalue weighted by Crippen LogP contribution is -2.49. The first kappa shape index (κ1) is 16.8. The van der Waals surface area contributed by atoms with Gasteiger partial charge in [0.1, 0.15) is 6.61 Å². The summed E-state index contributed by atoms with van der Waals surface area (Å²) in [6, 6.07) is 9.85. The van der Waals surface area contributed by atoms with Crippen LogP contribution in [0.2, 0.25) is 0 Å². The van der Waals surface area contributed by atoms with Crippen LogP contribution in [0.3, 0.4) is 0 Å². The molecule has 1 saturated heterocycles. The molecule has 2 rings (SSSR count). The molecule has 0 aromatic heterocycles. The molecule has 1 heterocycles. The molecule has 0 saturated carbocycles. The summed E-state index contributed by atoms with van der Waals surface area (Å²) in [5.74, 6) is 0.520. The van der Waals surface area contributed by atoms with Crippen molar-refractivity contribution in [3.63, 3.8) is 0 Å². The topological polar surface area (TPSA) is 55.6 Å². The minimum atomic E-state index is -0.245. The molecule has 0 bridgehead atoms. The maximum atomic E-state index is 12.1. The Kier molecular flexibility index (Phi) is 6.82. The molecule has 1 aliphatic rings. The fraction of sp³-hybridized carbons (Fsp3) is 0.533. The van der Waals surface area contributed by atoms with Crippen LogP contribution in [-0.2, 0) is 11.3 Å². The Labute approximate surface area is 126 Å². The number of carbonyl (C=O) groups is 1. The Morgan fingerprint density at radius 1 is 1.35 bits per heavy atom. The summed E-state index contributed by atoms with van der Waals surface area (Å²) < 4.78 is 5.38. The largest absolute Gasteiger partial charge is 0.445 e. The molecular weight excluding hydrogens is 276 g/mol. The summed E-state index contributed by atoms with van der Waals surface area (Å²) >= 11 is 0. The van der Waals surface area contributed by atoms with E-state index in [2.05, 4.69) is 6.92 Å². The van der Waals surface area contributed by atoms with Gasteiger partial charge in [-0.05, 0) is 24.3 Å². The number of amides is 1. The van der Waals surface area contributed by atoms with Gasteiger partial charge >= 0.3 is 6.09 Å². The van der Waals surface area contributed by atoms with E-state index in [0.29, 0.717) is 19.1 Å². The molecule has 5 heteroatoms. The highest BCUT2D eigenvalue weighted by molar-refractivity contribution is 5.85. The average molecular weight is 299 g/mol. The fourth-order valence-electron chi connectivity index (χ4n) is 2.48. The first-order valence-electron chi connectivity index (χ1n) is 6.88. The van der Waals surface area contributed by atoms with Crippen LogP contribution < -0.4 is 5.73 Å². The molecule has 4 nitrogen and oxygen atoms in total. The van der Waals surface area contributed by atoms with Crippen LogP contribution in [0.4, 0.5) is 4.79 Å². The average Bonchev–Trinajstić information content (AvgIpc) is 2.46. The molecule has 0 radical (unpaired) electrons. The Balaban J connectivity index is 0.00000200. The van der Waals surface area contributed by atoms with E-state index in [1.54, 1.807) is 4.90 Å². The van der Waals surface area contributed by atoms with Crippen molar-refractivity contribution in [1.82, 2.24) is 4.90 Å². The summed E-state index contributed by atoms with van der Waals surface area (Å²) in [5.41, 5.74) is 6.74. The molecule has 112 valence electrons. The lowest BCUT2D eigenvalue weighted by atomic mass is 9.95. The molecule has 2 atom stereocenters. The molecule has 1 amide bonds. The number of piperidine rings is 1. The van der Waals surface area contributed by atoms with Gasteiger partial charge < -0.3 is 15.4 Å². The second-order valence-corrected chi connectivity index (χ2v) is 5.26. The minimum absolute atomic E-state index is 0. The smallest absolute Gasteiger partial charge is 0.410 e. The number of nitrogens with two attached hydrogens (primary N) is 1. The van der Waals surface area contributed by atoms with Gasteiger partial charge in [0.2, 0.25) is 0 Å². The van der Waals surface area contributed by atoms with Crippen molar-refractivity contribution in [2.75, 3.05) is 13.1 Å². The van der Waals surface area contributed by atoms with Crippen molar-refractivity contribution in [1.29, 1.82) is 0 Å². The molecule has 1 aromatic carbocycles. The molecule has 20 heavy (non-hydrogen) atoms. The van der Waals surface area contributed by atoms with E-state index < -0.39 is 0 Å². The SMILES string of the molecule is CC1CCC(CN)N(C(=O)OCc2ccccc2)C1.Cl. The van der Waals surface area contributed by atoms with Gasteiger partial charge in [-0.3, -0.25) is 0 Å². The normalized spacial score (nSPS) is 22.0. The number of ether oxygens (including phenoxy) is 1. The van der Waals surface area contributed by atoms with Gasteiger partial charge in [0, 0.05) is 19.1 Å². The Morgan fingerprint density at radius 3 is 2.70 bits per heavy atom. The third-order valence-electron chi connectivity index (χ3n) is 3.65. The van der Waals surface area contributed by atoms with Crippen LogP contribution in [0.25, 0.3) is 0 Å². The second kappa shape index (κ2) is 8.12. The highest BCUT2D eigenvalue weighted by atomic mass is 35.5. The van der Waals surface area contributed by atoms with Crippen LogP contribution in [0.1, 0.15) is 25.3 Å². The van der Waals surface area contributed by atoms with Gasteiger partial charge in [-0.2, -0.15) is 0 Å². The van der Waals surface area contributed by atoms with Gasteiger partial charge in [-0.25, -0.2) is 4.79 Å². The van der Waals surface area contributed by atoms with Gasteiger partial charge in [0.15, 0.2) is 0 Å². The lowest BCUT2D eigenvalue weighted by molar-refractivity contribution is 0.0588. The molecule has 1 aromatic rings. The number of likely N-dealkylation sites (tertiary alicyclic amines) is 1. The Bertz CT molecular complexity index is 414. The summed E-state index contributed by atoms with van der Waals surface area (Å²) in [6.07, 6.45) is 1.86. The monoisotopic (exact) mass is 298 g/mol. The lowest BCUT2D eigenvalue weighted by Gasteiger charge is -2.37. The van der Waals surface area contributed by atoms with Gasteiger partial charge in [-0.1, -0.05) is 37.3 Å². The van der Waals surface area contributed by atoms with E-state index in [4.69, 9.17) is 10.5 Å². The summed E-state index contributed by atoms with van der Waals surface area (Å²) in [7, 11) is 0. The first-order valence-corrected chi connectivity index (χ1v) is 6.88. The predicted octanol–water partition coefficient (Wildman–Crippen LogP) is 2.80. The molecule has 2 unspecified atom stereocenters. The van der Waals surface area contributed by atoms with Crippen LogP contribution in [-0.4, -0.2) is 30.1 Å². The zero-order valence-corrected chi connectivity index (χ0v) is 12.6. The van der Waals surface area contributed by atoms with E-state index in [0.717, 1.165) is 24.9 Å². The Hall–Kier alpha value is -1.26. The first-order chi connectivity index (χ1) is 9.20. The molecule has 2 N–H and O–H groups in total. The van der Waals surface area contributed by atoms with Crippen LogP contribution in [0.15, 0.2) is 30.3 Å². The standard InChI is InChI=1S/C15H22N2O2.ClH/c1-12-7-8-14(9-16)17(10-12)15(18)19-11-13-5-3-2-4-6-13;/h2-6,12,14H,7-11,16H2,1H3;1H. The van der Waals surface area contributed by atoms with E-state index in [-0.39, 0.29) is 24.5 Å². The number of rotatable bonds is 3. The number of benzene rings is 1. The maximum absolute atomic E-state index is 12.1. The van der Waals surface area contributed by atoms with E-state index in [1.165, 1.54) is 0 Å². The molecular formula is C15H23ClN2O2. The zero-order valence-electron chi connectivity index (χ0n) is 11.8. The zero-order chi connectivity index (χ0) is 13.7. The van der Waals surface area contributed by atoms with E-state index >= 15 is 0 Å². The summed E-state index contributed by atoms with van der Waals surface area (Å²) in [6.45, 7) is 3.73. The van der Waals surface area contributed by atoms with Crippen molar-refractivity contribution >= 4 is 18.5 Å². The van der Waals surface area contributed by atoms with Crippen molar-refractivity contribution < 1.29 is 9.53 Å². The van der Waals surface area contributed by atoms with Crippen molar-refractivity contribution in [2.24, 2.45) is 11.7 Å². The summed E-state index contributed by atoms with van der Waals surface area (Å²) in [5, 5.41) is 0. The van der Waals surface area contributed by atoms with Crippen LogP contribution >= 0.6 is 12.4 Å². The van der Waals surface area contributed by atoms with Crippen molar-refractivity contribution in [3.8, 4) is 0 Å². The second-order valence-electron chi connectivity index (χ2n) is 5.26. The van der Waals surface area contributed by atoms with Gasteiger partial charge in [0.25, 0.3) is 0 Å². The Morgan fingerprint density at radius 2 is 2.05 bits per heavy atom. The third kappa shape index (κ3) is 4.39. The number of hydrogen-bond donors (Lipinski definition) is 1. The molecule has 0 aliphatic carbocycles. The summed E-state index contributed by atoms with van der Waals surface area (Å²) in [4.78, 5) is 13.9. The quantitative estimate of drug-likeness (QED) is 0.933. The van der Waals surface area contributed by atoms with Crippen LogP contribution in [0, 0.1) is 5.92 Å². The van der Waals surface area contributed by atoms with E-state index in [1.807, 2.05) is 30.3 Å².